The number of carbonyl (C=O) groups is 1. The Balaban J connectivity index is 1.71. The van der Waals surface area contributed by atoms with Crippen molar-refractivity contribution in [3.05, 3.63) is 48.0 Å². The van der Waals surface area contributed by atoms with E-state index in [4.69, 9.17) is 0 Å². The van der Waals surface area contributed by atoms with Crippen LogP contribution in [0.3, 0.4) is 0 Å². The predicted molar refractivity (Wildman–Crippen MR) is 120 cm³/mol. The first-order valence-electron chi connectivity index (χ1n) is 11.5. The molecule has 0 bridgehead atoms. The molecule has 5 heteroatoms. The summed E-state index contributed by atoms with van der Waals surface area (Å²) in [5.41, 5.74) is 1.23. The topological polar surface area (TPSA) is 89.8 Å². The summed E-state index contributed by atoms with van der Waals surface area (Å²) < 4.78 is 0. The van der Waals surface area contributed by atoms with Gasteiger partial charge in [-0.1, -0.05) is 42.5 Å². The minimum atomic E-state index is -0.502. The number of hydrogen-bond acceptors (Lipinski definition) is 4. The molecular formula is C25H39NO4. The Morgan fingerprint density at radius 3 is 2.60 bits per heavy atom. The van der Waals surface area contributed by atoms with E-state index in [1.165, 1.54) is 5.56 Å². The number of aryl methyl sites for hydroxylation is 1. The second kappa shape index (κ2) is 13.6. The molecule has 0 unspecified atom stereocenters. The average molecular weight is 418 g/mol. The van der Waals surface area contributed by atoms with Crippen molar-refractivity contribution in [1.82, 2.24) is 5.32 Å². The van der Waals surface area contributed by atoms with Gasteiger partial charge >= 0.3 is 0 Å². The van der Waals surface area contributed by atoms with Crippen molar-refractivity contribution in [3.63, 3.8) is 0 Å². The lowest BCUT2D eigenvalue weighted by molar-refractivity contribution is -0.121. The van der Waals surface area contributed by atoms with Crippen molar-refractivity contribution in [3.8, 4) is 0 Å². The first-order valence-corrected chi connectivity index (χ1v) is 11.5. The summed E-state index contributed by atoms with van der Waals surface area (Å²) in [6.07, 6.45) is 9.02. The van der Waals surface area contributed by atoms with Crippen LogP contribution in [0.4, 0.5) is 0 Å². The van der Waals surface area contributed by atoms with Gasteiger partial charge in [-0.15, -0.1) is 0 Å². The van der Waals surface area contributed by atoms with Crippen LogP contribution in [0.1, 0.15) is 63.9 Å². The Bertz CT molecular complexity index is 633. The molecule has 168 valence electrons. The Morgan fingerprint density at radius 1 is 1.13 bits per heavy atom. The summed E-state index contributed by atoms with van der Waals surface area (Å²) >= 11 is 0. The fourth-order valence-corrected chi connectivity index (χ4v) is 4.45. The minimum absolute atomic E-state index is 0.0198. The standard InChI is InChI=1S/C25H39NO4/c1-2-26-25(30)13-9-4-3-8-12-21-22(24(29)18-23(21)28)17-16-20(27)15-14-19-10-6-5-7-11-19/h3,5-8,10-11,20-24,27-29H,2,4,9,12-18H2,1H3,(H,26,30)/t20-,21+,22+,23-,24+/m0/s1. The Labute approximate surface area is 181 Å². The van der Waals surface area contributed by atoms with E-state index in [-0.39, 0.29) is 23.8 Å². The van der Waals surface area contributed by atoms with E-state index in [9.17, 15) is 20.1 Å². The van der Waals surface area contributed by atoms with E-state index in [1.54, 1.807) is 0 Å². The monoisotopic (exact) mass is 417 g/mol. The van der Waals surface area contributed by atoms with E-state index in [0.717, 1.165) is 32.1 Å². The molecule has 30 heavy (non-hydrogen) atoms. The number of aliphatic hydroxyl groups excluding tert-OH is 3. The third kappa shape index (κ3) is 8.58. The van der Waals surface area contributed by atoms with Crippen LogP contribution in [0.2, 0.25) is 0 Å². The van der Waals surface area contributed by atoms with Gasteiger partial charge in [0.1, 0.15) is 0 Å². The van der Waals surface area contributed by atoms with Crippen LogP contribution < -0.4 is 5.32 Å². The van der Waals surface area contributed by atoms with Gasteiger partial charge < -0.3 is 20.6 Å². The molecule has 0 saturated heterocycles. The molecule has 0 heterocycles. The van der Waals surface area contributed by atoms with Gasteiger partial charge in [0.25, 0.3) is 0 Å². The molecule has 1 fully saturated rings. The molecule has 1 saturated carbocycles. The summed E-state index contributed by atoms with van der Waals surface area (Å²) in [6, 6.07) is 10.2. The van der Waals surface area contributed by atoms with Gasteiger partial charge in [-0.05, 0) is 75.7 Å². The smallest absolute Gasteiger partial charge is 0.219 e. The molecule has 1 aromatic carbocycles. The van der Waals surface area contributed by atoms with Crippen LogP contribution in [-0.4, -0.2) is 46.1 Å². The normalized spacial score (nSPS) is 24.9. The lowest BCUT2D eigenvalue weighted by Crippen LogP contribution is -2.23. The molecule has 0 radical (unpaired) electrons. The molecule has 1 aliphatic carbocycles. The van der Waals surface area contributed by atoms with Crippen molar-refractivity contribution in [1.29, 1.82) is 0 Å². The Hall–Kier alpha value is -1.69. The highest BCUT2D eigenvalue weighted by Gasteiger charge is 2.40. The minimum Gasteiger partial charge on any atom is -0.393 e. The molecular weight excluding hydrogens is 378 g/mol. The highest BCUT2D eigenvalue weighted by atomic mass is 16.3. The largest absolute Gasteiger partial charge is 0.393 e. The van der Waals surface area contributed by atoms with Crippen molar-refractivity contribution >= 4 is 5.91 Å². The molecule has 5 atom stereocenters. The lowest BCUT2D eigenvalue weighted by atomic mass is 9.85. The number of benzene rings is 1. The van der Waals surface area contributed by atoms with Crippen LogP contribution in [0, 0.1) is 11.8 Å². The Kier molecular flexibility index (Phi) is 11.1. The zero-order valence-corrected chi connectivity index (χ0v) is 18.2. The maximum atomic E-state index is 11.4. The van der Waals surface area contributed by atoms with Gasteiger partial charge in [-0.3, -0.25) is 4.79 Å². The number of carbonyl (C=O) groups excluding carboxylic acids is 1. The lowest BCUT2D eigenvalue weighted by Gasteiger charge is -2.23. The van der Waals surface area contributed by atoms with Crippen molar-refractivity contribution in [2.45, 2.75) is 83.0 Å². The molecule has 1 amide bonds. The second-order valence-corrected chi connectivity index (χ2v) is 8.51. The third-order valence-corrected chi connectivity index (χ3v) is 6.19. The Morgan fingerprint density at radius 2 is 1.87 bits per heavy atom. The van der Waals surface area contributed by atoms with Gasteiger partial charge in [0.15, 0.2) is 0 Å². The molecule has 2 rings (SSSR count). The van der Waals surface area contributed by atoms with Gasteiger partial charge in [0.05, 0.1) is 18.3 Å². The van der Waals surface area contributed by atoms with Crippen molar-refractivity contribution in [2.24, 2.45) is 11.8 Å². The van der Waals surface area contributed by atoms with E-state index in [0.29, 0.717) is 32.2 Å². The van der Waals surface area contributed by atoms with Gasteiger partial charge in [-0.25, -0.2) is 0 Å². The number of allylic oxidation sites excluding steroid dienone is 2. The quantitative estimate of drug-likeness (QED) is 0.293. The maximum absolute atomic E-state index is 11.4. The summed E-state index contributed by atoms with van der Waals surface area (Å²) in [6.45, 7) is 2.58. The average Bonchev–Trinajstić information content (AvgIpc) is 3.00. The summed E-state index contributed by atoms with van der Waals surface area (Å²) in [4.78, 5) is 11.4. The summed E-state index contributed by atoms with van der Waals surface area (Å²) in [5.74, 6) is 0.137. The molecule has 0 aliphatic heterocycles. The number of hydrogen-bond donors (Lipinski definition) is 4. The van der Waals surface area contributed by atoms with E-state index < -0.39 is 12.2 Å². The van der Waals surface area contributed by atoms with E-state index >= 15 is 0 Å². The van der Waals surface area contributed by atoms with E-state index in [2.05, 4.69) is 29.6 Å². The van der Waals surface area contributed by atoms with Gasteiger partial charge in [-0.2, -0.15) is 0 Å². The number of nitrogens with one attached hydrogen (secondary N) is 1. The maximum Gasteiger partial charge on any atom is 0.219 e. The first kappa shape index (κ1) is 24.6. The molecule has 0 aromatic heterocycles. The van der Waals surface area contributed by atoms with Gasteiger partial charge in [0, 0.05) is 13.0 Å². The molecule has 1 aromatic rings. The van der Waals surface area contributed by atoms with Crippen molar-refractivity contribution in [2.75, 3.05) is 6.54 Å². The fourth-order valence-electron chi connectivity index (χ4n) is 4.45. The predicted octanol–water partition coefficient (Wildman–Crippen LogP) is 3.37. The third-order valence-electron chi connectivity index (χ3n) is 6.19. The summed E-state index contributed by atoms with van der Waals surface area (Å²) in [7, 11) is 0. The fraction of sp³-hybridized carbons (Fsp3) is 0.640. The summed E-state index contributed by atoms with van der Waals surface area (Å²) in [5, 5.41) is 33.9. The van der Waals surface area contributed by atoms with Gasteiger partial charge in [0.2, 0.25) is 5.91 Å². The number of aliphatic hydroxyl groups is 3. The van der Waals surface area contributed by atoms with Crippen LogP contribution in [0.25, 0.3) is 0 Å². The van der Waals surface area contributed by atoms with E-state index in [1.807, 2.05) is 25.1 Å². The second-order valence-electron chi connectivity index (χ2n) is 8.51. The molecule has 0 spiro atoms. The number of rotatable bonds is 13. The molecule has 1 aliphatic rings. The van der Waals surface area contributed by atoms with Crippen LogP contribution >= 0.6 is 0 Å². The molecule has 4 N–H and O–H groups in total. The number of amides is 1. The zero-order valence-electron chi connectivity index (χ0n) is 18.2. The van der Waals surface area contributed by atoms with Crippen molar-refractivity contribution < 1.29 is 20.1 Å². The SMILES string of the molecule is CCNC(=O)CCCC=CC[C@@H]1[C@@H](CC[C@@H](O)CCc2ccccc2)[C@H](O)C[C@@H]1O. The molecule has 5 nitrogen and oxygen atoms in total. The number of unbranched alkanes of at least 4 members (excludes halogenated alkanes) is 1. The highest BCUT2D eigenvalue weighted by molar-refractivity contribution is 5.75. The van der Waals surface area contributed by atoms with Crippen LogP contribution in [0.15, 0.2) is 42.5 Å². The van der Waals surface area contributed by atoms with Crippen LogP contribution in [-0.2, 0) is 11.2 Å². The zero-order chi connectivity index (χ0) is 21.8. The van der Waals surface area contributed by atoms with Crippen LogP contribution in [0.5, 0.6) is 0 Å². The first-order chi connectivity index (χ1) is 14.5. The highest BCUT2D eigenvalue weighted by Crippen LogP contribution is 2.38.